The molecule has 1 saturated carbocycles. The van der Waals surface area contributed by atoms with Crippen LogP contribution in [0.5, 0.6) is 0 Å². The number of aliphatic hydroxyl groups excluding tert-OH is 1. The van der Waals surface area contributed by atoms with Gasteiger partial charge in [-0.3, -0.25) is 4.79 Å². The Morgan fingerprint density at radius 2 is 2.14 bits per heavy atom. The fourth-order valence-electron chi connectivity index (χ4n) is 3.72. The summed E-state index contributed by atoms with van der Waals surface area (Å²) in [5.74, 6) is -1.19. The Morgan fingerprint density at radius 3 is 2.86 bits per heavy atom. The molecule has 0 aromatic carbocycles. The van der Waals surface area contributed by atoms with Crippen LogP contribution in [0.15, 0.2) is 26.0 Å². The summed E-state index contributed by atoms with van der Waals surface area (Å²) in [4.78, 5) is 12.3. The summed E-state index contributed by atoms with van der Waals surface area (Å²) in [5, 5.41) is 17.9. The summed E-state index contributed by atoms with van der Waals surface area (Å²) in [7, 11) is -7.69. The second kappa shape index (κ2) is 6.54. The number of sulfonamides is 2. The Balaban J connectivity index is 1.72. The maximum atomic E-state index is 12.7. The van der Waals surface area contributed by atoms with Crippen LogP contribution in [0.25, 0.3) is 0 Å². The lowest BCUT2D eigenvalue weighted by Crippen LogP contribution is -2.47. The van der Waals surface area contributed by atoms with E-state index in [1.807, 2.05) is 0 Å². The fourth-order valence-corrected chi connectivity index (χ4v) is 6.74. The predicted molar refractivity (Wildman–Crippen MR) is 103 cm³/mol. The third kappa shape index (κ3) is 3.32. The van der Waals surface area contributed by atoms with Crippen LogP contribution in [0.3, 0.4) is 0 Å². The van der Waals surface area contributed by atoms with Crippen LogP contribution >= 0.6 is 11.3 Å². The van der Waals surface area contributed by atoms with Gasteiger partial charge in [0, 0.05) is 24.1 Å². The smallest absolute Gasteiger partial charge is 0.287 e. The first-order chi connectivity index (χ1) is 13.1. The van der Waals surface area contributed by atoms with Crippen molar-refractivity contribution in [3.63, 3.8) is 0 Å². The van der Waals surface area contributed by atoms with Crippen LogP contribution in [-0.4, -0.2) is 46.0 Å². The average molecular weight is 447 g/mol. The highest BCUT2D eigenvalue weighted by Crippen LogP contribution is 2.40. The van der Waals surface area contributed by atoms with Crippen LogP contribution in [0.2, 0.25) is 0 Å². The van der Waals surface area contributed by atoms with Crippen LogP contribution < -0.4 is 15.4 Å². The molecule has 28 heavy (non-hydrogen) atoms. The van der Waals surface area contributed by atoms with Crippen LogP contribution in [-0.2, 0) is 31.4 Å². The van der Waals surface area contributed by atoms with Gasteiger partial charge in [-0.1, -0.05) is 6.42 Å². The van der Waals surface area contributed by atoms with E-state index in [4.69, 9.17) is 0 Å². The first kappa shape index (κ1) is 19.4. The number of rotatable bonds is 4. The van der Waals surface area contributed by atoms with Crippen molar-refractivity contribution < 1.29 is 26.7 Å². The molecule has 1 aromatic heterocycles. The summed E-state index contributed by atoms with van der Waals surface area (Å²) < 4.78 is 54.0. The van der Waals surface area contributed by atoms with Crippen molar-refractivity contribution in [2.24, 2.45) is 10.3 Å². The lowest BCUT2D eigenvalue weighted by atomic mass is 9.92. The number of nitrogens with zero attached hydrogens (tertiary/aromatic N) is 1. The Kier molecular flexibility index (Phi) is 4.52. The monoisotopic (exact) mass is 446 g/mol. The second-order valence-electron chi connectivity index (χ2n) is 6.93. The number of carbonyl (C=O) groups excluding carboxylic acids is 1. The predicted octanol–water partition coefficient (Wildman–Crippen LogP) is 0.421. The Labute approximate surface area is 165 Å². The molecule has 3 aliphatic rings. The quantitative estimate of drug-likeness (QED) is 0.522. The lowest BCUT2D eigenvalue weighted by molar-refractivity contribution is -0.118. The molecule has 0 unspecified atom stereocenters. The average Bonchev–Trinajstić information content (AvgIpc) is 3.18. The van der Waals surface area contributed by atoms with E-state index in [0.717, 1.165) is 30.4 Å². The number of aliphatic hydroxyl groups is 1. The second-order valence-corrected chi connectivity index (χ2v) is 11.2. The highest BCUT2D eigenvalue weighted by molar-refractivity contribution is 7.91. The SMILES string of the molecule is CS(=O)(=O)NCc1csc2c1S(=O)(=O)N=C(C1=C(O)[C@@H]3CCC[C@@H]3NC1=O)N2. The van der Waals surface area contributed by atoms with E-state index >= 15 is 0 Å². The van der Waals surface area contributed by atoms with Gasteiger partial charge >= 0.3 is 0 Å². The largest absolute Gasteiger partial charge is 0.511 e. The molecule has 4 rings (SSSR count). The van der Waals surface area contributed by atoms with E-state index in [9.17, 15) is 26.7 Å². The Bertz CT molecular complexity index is 1130. The van der Waals surface area contributed by atoms with Crippen LogP contribution in [0.4, 0.5) is 5.00 Å². The van der Waals surface area contributed by atoms with Gasteiger partial charge in [0.2, 0.25) is 10.0 Å². The van der Waals surface area contributed by atoms with Gasteiger partial charge in [0.15, 0.2) is 5.84 Å². The molecule has 0 radical (unpaired) electrons. The third-order valence-electron chi connectivity index (χ3n) is 4.95. The number of fused-ring (bicyclic) bond motifs is 2. The topological polar surface area (TPSA) is 154 Å². The van der Waals surface area contributed by atoms with Gasteiger partial charge in [-0.15, -0.1) is 15.7 Å². The number of nitrogens with one attached hydrogen (secondary N) is 3. The molecule has 1 aromatic rings. The minimum absolute atomic E-state index is 0.132. The number of amidine groups is 1. The number of carbonyl (C=O) groups is 1. The molecule has 3 heterocycles. The van der Waals surface area contributed by atoms with Crippen molar-refractivity contribution in [2.75, 3.05) is 11.6 Å². The molecule has 152 valence electrons. The Hall–Kier alpha value is -1.96. The number of thiophene rings is 1. The van der Waals surface area contributed by atoms with E-state index in [2.05, 4.69) is 19.8 Å². The molecule has 0 saturated heterocycles. The summed E-state index contributed by atoms with van der Waals surface area (Å²) in [6, 6.07) is -0.150. The van der Waals surface area contributed by atoms with Crippen LogP contribution in [0.1, 0.15) is 24.8 Å². The lowest BCUT2D eigenvalue weighted by Gasteiger charge is -2.29. The molecule has 13 heteroatoms. The highest BCUT2D eigenvalue weighted by atomic mass is 32.2. The standard InChI is InChI=1S/C15H18N4O6S3/c1-27(22,23)16-5-7-6-26-15-12(7)28(24,25)19-13(18-15)10-11(20)8-3-2-4-9(8)17-14(10)21/h6,8-9,16,20H,2-5H2,1H3,(H,17,21)(H,18,19)/t8-,9+/m1/s1. The summed E-state index contributed by atoms with van der Waals surface area (Å²) in [5.41, 5.74) is 0.0875. The van der Waals surface area contributed by atoms with Crippen molar-refractivity contribution in [1.82, 2.24) is 10.0 Å². The minimum Gasteiger partial charge on any atom is -0.511 e. The zero-order valence-electron chi connectivity index (χ0n) is 14.7. The summed E-state index contributed by atoms with van der Waals surface area (Å²) in [6.07, 6.45) is 3.29. The van der Waals surface area contributed by atoms with E-state index in [1.165, 1.54) is 5.38 Å². The van der Waals surface area contributed by atoms with Gasteiger partial charge in [-0.2, -0.15) is 8.42 Å². The normalized spacial score (nSPS) is 26.2. The maximum absolute atomic E-state index is 12.7. The van der Waals surface area contributed by atoms with E-state index in [1.54, 1.807) is 0 Å². The molecule has 0 spiro atoms. The van der Waals surface area contributed by atoms with Crippen LogP contribution in [0, 0.1) is 5.92 Å². The molecular weight excluding hydrogens is 428 g/mol. The number of hydrogen-bond acceptors (Lipinski definition) is 8. The zero-order chi connectivity index (χ0) is 20.3. The molecular formula is C15H18N4O6S3. The minimum atomic E-state index is -4.19. The van der Waals surface area contributed by atoms with Crippen molar-refractivity contribution in [2.45, 2.75) is 36.7 Å². The fraction of sp³-hybridized carbons (Fsp3) is 0.467. The maximum Gasteiger partial charge on any atom is 0.287 e. The molecule has 1 amide bonds. The number of hydrogen-bond donors (Lipinski definition) is 4. The molecule has 1 fully saturated rings. The molecule has 2 aliphatic heterocycles. The van der Waals surface area contributed by atoms with Crippen molar-refractivity contribution >= 4 is 48.1 Å². The summed E-state index contributed by atoms with van der Waals surface area (Å²) in [6.45, 7) is -0.200. The van der Waals surface area contributed by atoms with E-state index < -0.39 is 26.0 Å². The highest BCUT2D eigenvalue weighted by Gasteiger charge is 2.42. The van der Waals surface area contributed by atoms with Gasteiger partial charge < -0.3 is 15.7 Å². The first-order valence-corrected chi connectivity index (χ1v) is 12.7. The van der Waals surface area contributed by atoms with Gasteiger partial charge in [0.25, 0.3) is 15.9 Å². The van der Waals surface area contributed by atoms with Gasteiger partial charge in [0.1, 0.15) is 21.2 Å². The van der Waals surface area contributed by atoms with E-state index in [-0.39, 0.29) is 51.1 Å². The van der Waals surface area contributed by atoms with E-state index in [0.29, 0.717) is 6.42 Å². The van der Waals surface area contributed by atoms with Crippen molar-refractivity contribution in [1.29, 1.82) is 0 Å². The molecule has 1 aliphatic carbocycles. The molecule has 2 atom stereocenters. The van der Waals surface area contributed by atoms with Gasteiger partial charge in [-0.25, -0.2) is 13.1 Å². The van der Waals surface area contributed by atoms with Gasteiger partial charge in [0.05, 0.1) is 6.26 Å². The molecule has 10 nitrogen and oxygen atoms in total. The molecule has 0 bridgehead atoms. The number of anilines is 1. The zero-order valence-corrected chi connectivity index (χ0v) is 17.2. The van der Waals surface area contributed by atoms with Crippen molar-refractivity contribution in [3.05, 3.63) is 22.3 Å². The molecule has 4 N–H and O–H groups in total. The van der Waals surface area contributed by atoms with Crippen molar-refractivity contribution in [3.8, 4) is 0 Å². The Morgan fingerprint density at radius 1 is 1.39 bits per heavy atom. The summed E-state index contributed by atoms with van der Waals surface area (Å²) >= 11 is 1.05. The first-order valence-electron chi connectivity index (χ1n) is 8.48. The third-order valence-corrected chi connectivity index (χ3v) is 8.09. The number of amides is 1. The van der Waals surface area contributed by atoms with Gasteiger partial charge in [-0.05, 0) is 18.2 Å².